The van der Waals surface area contributed by atoms with Gasteiger partial charge in [0.2, 0.25) is 0 Å². The lowest BCUT2D eigenvalue weighted by Gasteiger charge is -2.30. The highest BCUT2D eigenvalue weighted by Crippen LogP contribution is 2.32. The number of aromatic nitrogens is 2. The van der Waals surface area contributed by atoms with E-state index in [1.807, 2.05) is 42.5 Å². The van der Waals surface area contributed by atoms with Gasteiger partial charge in [0.05, 0.1) is 26.9 Å². The van der Waals surface area contributed by atoms with Crippen molar-refractivity contribution in [1.29, 1.82) is 0 Å². The molecule has 6 bridgehead atoms. The zero-order valence-electron chi connectivity index (χ0n) is 23.4. The van der Waals surface area contributed by atoms with Gasteiger partial charge in [-0.1, -0.05) is 11.6 Å². The summed E-state index contributed by atoms with van der Waals surface area (Å²) in [6, 6.07) is 13.3. The Balaban J connectivity index is 1.38. The minimum atomic E-state index is 0.221. The van der Waals surface area contributed by atoms with Gasteiger partial charge in [0, 0.05) is 80.6 Å². The van der Waals surface area contributed by atoms with Crippen LogP contribution in [0, 0.1) is 0 Å². The second-order valence-corrected chi connectivity index (χ2v) is 10.6. The minimum Gasteiger partial charge on any atom is -0.493 e. The number of rotatable bonds is 4. The number of hydrogen-bond acceptors (Lipinski definition) is 10. The van der Waals surface area contributed by atoms with Gasteiger partial charge in [-0.15, -0.1) is 0 Å². The number of methoxy groups -OCH3 is 1. The van der Waals surface area contributed by atoms with Crippen molar-refractivity contribution >= 4 is 40.4 Å². The van der Waals surface area contributed by atoms with Crippen LogP contribution >= 0.6 is 11.6 Å². The first-order chi connectivity index (χ1) is 20.1. The first-order valence-electron chi connectivity index (χ1n) is 14.1. The van der Waals surface area contributed by atoms with Crippen molar-refractivity contribution in [1.82, 2.24) is 19.8 Å². The molecule has 1 aromatic heterocycles. The second-order valence-electron chi connectivity index (χ2n) is 10.2. The molecule has 3 aromatic rings. The van der Waals surface area contributed by atoms with Gasteiger partial charge in [-0.25, -0.2) is 9.97 Å². The third-order valence-electron chi connectivity index (χ3n) is 7.22. The average molecular weight is 581 g/mol. The van der Waals surface area contributed by atoms with E-state index in [-0.39, 0.29) is 5.78 Å². The maximum absolute atomic E-state index is 12.9. The number of ether oxygens (including phenoxy) is 3. The molecule has 2 aliphatic rings. The van der Waals surface area contributed by atoms with Gasteiger partial charge >= 0.3 is 0 Å². The summed E-state index contributed by atoms with van der Waals surface area (Å²) in [5, 5.41) is 7.37. The van der Waals surface area contributed by atoms with Crippen molar-refractivity contribution in [3.8, 4) is 11.5 Å². The quantitative estimate of drug-likeness (QED) is 0.443. The Kier molecular flexibility index (Phi) is 10.2. The number of carbonyl (C=O) groups excluding carboxylic acids is 1. The van der Waals surface area contributed by atoms with Crippen molar-refractivity contribution in [2.24, 2.45) is 0 Å². The van der Waals surface area contributed by atoms with Gasteiger partial charge in [0.1, 0.15) is 23.7 Å². The largest absolute Gasteiger partial charge is 0.493 e. The highest BCUT2D eigenvalue weighted by atomic mass is 35.5. The number of nitrogens with one attached hydrogen (secondary N) is 2. The van der Waals surface area contributed by atoms with Crippen LogP contribution < -0.4 is 20.1 Å². The van der Waals surface area contributed by atoms with Gasteiger partial charge in [0.15, 0.2) is 11.5 Å². The second kappa shape index (κ2) is 14.5. The number of morpholine rings is 1. The lowest BCUT2D eigenvalue weighted by molar-refractivity contribution is -0.119. The van der Waals surface area contributed by atoms with E-state index in [9.17, 15) is 4.79 Å². The van der Waals surface area contributed by atoms with Crippen LogP contribution in [0.25, 0.3) is 0 Å². The number of carbonyl (C=O) groups is 1. The lowest BCUT2D eigenvalue weighted by Crippen LogP contribution is -2.41. The Morgan fingerprint density at radius 2 is 1.63 bits per heavy atom. The summed E-state index contributed by atoms with van der Waals surface area (Å²) in [7, 11) is 1.61. The van der Waals surface area contributed by atoms with Crippen LogP contribution in [0.2, 0.25) is 5.02 Å². The number of benzene rings is 2. The fraction of sp³-hybridized carbons (Fsp3) is 0.433. The SMILES string of the molecule is COc1ccc2cc1OCCCC(=O)CCN(CCN1CCOCC1)Cc1cc(ccc1Cl)Nc1cc(ncn1)N2. The van der Waals surface area contributed by atoms with Crippen molar-refractivity contribution in [3.63, 3.8) is 0 Å². The summed E-state index contributed by atoms with van der Waals surface area (Å²) in [4.78, 5) is 26.3. The Bertz CT molecular complexity index is 1320. The zero-order chi connectivity index (χ0) is 28.4. The van der Waals surface area contributed by atoms with Gasteiger partial charge in [0.25, 0.3) is 0 Å². The summed E-state index contributed by atoms with van der Waals surface area (Å²) < 4.78 is 17.0. The lowest BCUT2D eigenvalue weighted by atomic mass is 10.1. The monoisotopic (exact) mass is 580 g/mol. The van der Waals surface area contributed by atoms with E-state index in [0.717, 1.165) is 56.3 Å². The molecule has 2 aromatic carbocycles. The van der Waals surface area contributed by atoms with Gasteiger partial charge in [-0.2, -0.15) is 0 Å². The molecule has 2 aliphatic heterocycles. The molecule has 0 unspecified atom stereocenters. The molecule has 0 amide bonds. The summed E-state index contributed by atoms with van der Waals surface area (Å²) in [6.45, 7) is 6.84. The van der Waals surface area contributed by atoms with Crippen LogP contribution in [0.1, 0.15) is 24.8 Å². The van der Waals surface area contributed by atoms with Crippen molar-refractivity contribution in [2.75, 3.05) is 70.3 Å². The minimum absolute atomic E-state index is 0.221. The number of anilines is 4. The topological polar surface area (TPSA) is 101 Å². The molecule has 2 N–H and O–H groups in total. The highest BCUT2D eigenvalue weighted by molar-refractivity contribution is 6.31. The molecular formula is C30H37ClN6O4. The van der Waals surface area contributed by atoms with E-state index < -0.39 is 0 Å². The maximum atomic E-state index is 12.9. The van der Waals surface area contributed by atoms with Crippen molar-refractivity contribution in [3.05, 3.63) is 59.4 Å². The summed E-state index contributed by atoms with van der Waals surface area (Å²) in [5.74, 6) is 2.73. The van der Waals surface area contributed by atoms with Gasteiger partial charge in [-0.05, 0) is 42.3 Å². The van der Waals surface area contributed by atoms with E-state index in [4.69, 9.17) is 25.8 Å². The van der Waals surface area contributed by atoms with Crippen LogP contribution in [0.4, 0.5) is 23.0 Å². The average Bonchev–Trinajstić information content (AvgIpc) is 2.99. The number of nitrogens with zero attached hydrogens (tertiary/aromatic N) is 4. The standard InChI is InChI=1S/C30H37ClN6O4/c1-39-27-7-5-24-18-28(27)41-14-2-3-25(38)8-9-37(11-10-36-12-15-40-16-13-36)20-22-17-23(4-6-26(22)31)34-29-19-30(35-24)33-21-32-29/h4-7,17-19,21H,2-3,8-16,20H2,1H3,(H2,32,33,34,35). The molecule has 0 saturated carbocycles. The number of fused-ring (bicyclic) bond motifs is 6. The van der Waals surface area contributed by atoms with Crippen LogP contribution in [-0.2, 0) is 16.1 Å². The smallest absolute Gasteiger partial charge is 0.163 e. The Labute approximate surface area is 246 Å². The molecule has 1 fully saturated rings. The first kappa shape index (κ1) is 29.1. The van der Waals surface area contributed by atoms with Crippen molar-refractivity contribution in [2.45, 2.75) is 25.8 Å². The van der Waals surface area contributed by atoms with E-state index >= 15 is 0 Å². The highest BCUT2D eigenvalue weighted by Gasteiger charge is 2.16. The predicted molar refractivity (Wildman–Crippen MR) is 160 cm³/mol. The molecular weight excluding hydrogens is 544 g/mol. The summed E-state index contributed by atoms with van der Waals surface area (Å²) in [6.07, 6.45) is 3.08. The molecule has 10 nitrogen and oxygen atoms in total. The first-order valence-corrected chi connectivity index (χ1v) is 14.4. The number of hydrogen-bond donors (Lipinski definition) is 2. The number of Topliss-reactive ketones (excluding diaryl/α,β-unsaturated/α-hetero) is 1. The maximum Gasteiger partial charge on any atom is 0.163 e. The van der Waals surface area contributed by atoms with Crippen LogP contribution in [-0.4, -0.2) is 85.2 Å². The van der Waals surface area contributed by atoms with E-state index in [1.165, 1.54) is 6.33 Å². The Morgan fingerprint density at radius 1 is 0.902 bits per heavy atom. The predicted octanol–water partition coefficient (Wildman–Crippen LogP) is 4.89. The number of ketones is 1. The summed E-state index contributed by atoms with van der Waals surface area (Å²) in [5.41, 5.74) is 2.65. The molecule has 5 rings (SSSR count). The molecule has 0 radical (unpaired) electrons. The molecule has 3 heterocycles. The van der Waals surface area contributed by atoms with Gasteiger partial charge < -0.3 is 24.8 Å². The molecule has 218 valence electrons. The van der Waals surface area contributed by atoms with E-state index in [2.05, 4.69) is 30.4 Å². The third-order valence-corrected chi connectivity index (χ3v) is 7.58. The van der Waals surface area contributed by atoms with Crippen molar-refractivity contribution < 1.29 is 19.0 Å². The Hall–Kier alpha value is -3.44. The molecule has 0 spiro atoms. The Morgan fingerprint density at radius 3 is 2.41 bits per heavy atom. The fourth-order valence-electron chi connectivity index (χ4n) is 4.91. The zero-order valence-corrected chi connectivity index (χ0v) is 24.2. The third kappa shape index (κ3) is 8.53. The summed E-state index contributed by atoms with van der Waals surface area (Å²) >= 11 is 6.66. The molecule has 11 heteroatoms. The van der Waals surface area contributed by atoms with E-state index in [1.54, 1.807) is 7.11 Å². The van der Waals surface area contributed by atoms with E-state index in [0.29, 0.717) is 67.1 Å². The fourth-order valence-corrected chi connectivity index (χ4v) is 5.09. The molecule has 0 aliphatic carbocycles. The normalized spacial score (nSPS) is 17.6. The van der Waals surface area contributed by atoms with Gasteiger partial charge in [-0.3, -0.25) is 14.6 Å². The molecule has 1 saturated heterocycles. The molecule has 0 atom stereocenters. The van der Waals surface area contributed by atoms with Crippen LogP contribution in [0.5, 0.6) is 11.5 Å². The molecule has 41 heavy (non-hydrogen) atoms. The number of halogens is 1. The van der Waals surface area contributed by atoms with Crippen LogP contribution in [0.3, 0.4) is 0 Å². The van der Waals surface area contributed by atoms with Crippen LogP contribution in [0.15, 0.2) is 48.8 Å².